The Morgan fingerprint density at radius 1 is 1.13 bits per heavy atom. The minimum absolute atomic E-state index is 0.0968. The highest BCUT2D eigenvalue weighted by Crippen LogP contribution is 2.38. The van der Waals surface area contributed by atoms with E-state index >= 15 is 0 Å². The van der Waals surface area contributed by atoms with Crippen LogP contribution in [0.15, 0.2) is 67.0 Å². The summed E-state index contributed by atoms with van der Waals surface area (Å²) in [5.41, 5.74) is 2.18. The van der Waals surface area contributed by atoms with E-state index in [1.54, 1.807) is 60.4 Å². The molecule has 156 valence electrons. The first-order valence-electron chi connectivity index (χ1n) is 9.61. The molecule has 3 aromatic rings. The van der Waals surface area contributed by atoms with Gasteiger partial charge in [0.25, 0.3) is 15.8 Å². The smallest absolute Gasteiger partial charge is 0.425 e. The zero-order valence-corrected chi connectivity index (χ0v) is 17.3. The fourth-order valence-corrected chi connectivity index (χ4v) is 5.13. The molecule has 1 aliphatic carbocycles. The van der Waals surface area contributed by atoms with Crippen LogP contribution in [0, 0.1) is 0 Å². The molecule has 0 radical (unpaired) electrons. The molecular weight excluding hydrogens is 404 g/mol. The zero-order valence-electron chi connectivity index (χ0n) is 16.5. The second-order valence-electron chi connectivity index (χ2n) is 7.26. The van der Waals surface area contributed by atoms with E-state index in [-0.39, 0.29) is 13.0 Å². The number of hydrogen-bond donors (Lipinski definition) is 0. The van der Waals surface area contributed by atoms with Gasteiger partial charge in [0, 0.05) is 32.3 Å². The van der Waals surface area contributed by atoms with Gasteiger partial charge in [-0.05, 0) is 16.7 Å². The van der Waals surface area contributed by atoms with Crippen LogP contribution in [0.4, 0.5) is 4.79 Å². The van der Waals surface area contributed by atoms with E-state index in [0.717, 1.165) is 11.1 Å². The Balaban J connectivity index is 1.57. The molecule has 8 heteroatoms. The fraction of sp³-hybridized carbons (Fsp3) is 0.273. The van der Waals surface area contributed by atoms with Crippen molar-refractivity contribution in [3.63, 3.8) is 0 Å². The van der Waals surface area contributed by atoms with E-state index in [1.165, 1.54) is 0 Å². The van der Waals surface area contributed by atoms with Gasteiger partial charge in [-0.25, -0.2) is 18.2 Å². The fourth-order valence-electron chi connectivity index (χ4n) is 3.64. The lowest BCUT2D eigenvalue weighted by atomic mass is 9.89. The summed E-state index contributed by atoms with van der Waals surface area (Å²) < 4.78 is 39.1. The largest absolute Gasteiger partial charge is 0.461 e. The number of sulfone groups is 1. The molecule has 0 saturated carbocycles. The van der Waals surface area contributed by atoms with Gasteiger partial charge in [-0.1, -0.05) is 54.6 Å². The predicted octanol–water partition coefficient (Wildman–Crippen LogP) is 3.61. The van der Waals surface area contributed by atoms with Crippen molar-refractivity contribution in [1.29, 1.82) is 0 Å². The van der Waals surface area contributed by atoms with Crippen molar-refractivity contribution in [2.75, 3.05) is 0 Å². The van der Waals surface area contributed by atoms with E-state index in [1.807, 2.05) is 18.2 Å². The first kappa shape index (κ1) is 20.2. The van der Waals surface area contributed by atoms with Gasteiger partial charge < -0.3 is 14.0 Å². The number of nitrogens with zero attached hydrogens (tertiary/aromatic N) is 2. The van der Waals surface area contributed by atoms with Gasteiger partial charge in [-0.15, -0.1) is 0 Å². The maximum atomic E-state index is 13.1. The summed E-state index contributed by atoms with van der Waals surface area (Å²) in [4.78, 5) is 16.7. The normalized spacial score (nSPS) is 18.4. The summed E-state index contributed by atoms with van der Waals surface area (Å²) in [6.45, 7) is -0.0968. The third-order valence-electron chi connectivity index (χ3n) is 5.18. The van der Waals surface area contributed by atoms with Gasteiger partial charge in [0.15, 0.2) is 0 Å². The Morgan fingerprint density at radius 3 is 2.60 bits per heavy atom. The molecule has 0 fully saturated rings. The highest BCUT2D eigenvalue weighted by molar-refractivity contribution is 8.05. The van der Waals surface area contributed by atoms with Gasteiger partial charge in [-0.3, -0.25) is 0 Å². The summed E-state index contributed by atoms with van der Waals surface area (Å²) in [5.74, 6) is 0. The van der Waals surface area contributed by atoms with Crippen molar-refractivity contribution >= 4 is 15.1 Å². The molecule has 2 aromatic carbocycles. The molecule has 0 saturated heterocycles. The van der Waals surface area contributed by atoms with Crippen LogP contribution in [0.25, 0.3) is 0 Å². The summed E-state index contributed by atoms with van der Waals surface area (Å²) in [6, 6.07) is 16.6. The van der Waals surface area contributed by atoms with Gasteiger partial charge >= 0.3 is 5.30 Å². The van der Waals surface area contributed by atoms with Crippen molar-refractivity contribution in [3.8, 4) is 6.01 Å². The first-order valence-corrected chi connectivity index (χ1v) is 11.2. The van der Waals surface area contributed by atoms with Gasteiger partial charge in [0.05, 0.1) is 0 Å². The minimum Gasteiger partial charge on any atom is -0.461 e. The van der Waals surface area contributed by atoms with Crippen LogP contribution in [-0.2, 0) is 34.6 Å². The number of fused-ring (bicyclic) bond motifs is 1. The lowest BCUT2D eigenvalue weighted by Gasteiger charge is -2.30. The van der Waals surface area contributed by atoms with Gasteiger partial charge in [-0.2, -0.15) is 0 Å². The molecule has 30 heavy (non-hydrogen) atoms. The molecule has 2 atom stereocenters. The Morgan fingerprint density at radius 2 is 1.87 bits per heavy atom. The Bertz CT molecular complexity index is 1140. The maximum Gasteiger partial charge on any atom is 0.425 e. The van der Waals surface area contributed by atoms with E-state index in [2.05, 4.69) is 4.98 Å². The quantitative estimate of drug-likeness (QED) is 0.579. The van der Waals surface area contributed by atoms with Gasteiger partial charge in [0.1, 0.15) is 18.0 Å². The van der Waals surface area contributed by atoms with Crippen LogP contribution in [0.5, 0.6) is 6.01 Å². The number of rotatable bonds is 5. The van der Waals surface area contributed by atoms with E-state index in [4.69, 9.17) is 9.47 Å². The number of carbonyl (C=O) groups excluding carboxylic acids is 1. The summed E-state index contributed by atoms with van der Waals surface area (Å²) in [5, 5.41) is -2.25. The average molecular weight is 426 g/mol. The van der Waals surface area contributed by atoms with Crippen LogP contribution >= 0.6 is 0 Å². The van der Waals surface area contributed by atoms with Crippen molar-refractivity contribution in [2.45, 2.75) is 30.8 Å². The van der Waals surface area contributed by atoms with Gasteiger partial charge in [0.2, 0.25) is 0 Å². The lowest BCUT2D eigenvalue weighted by Crippen LogP contribution is -2.34. The molecule has 1 unspecified atom stereocenters. The standard InChI is InChI=1S/C22H22N2O5S/c1-24-12-11-23-21(24)29-18-13-17-9-5-6-10-19(17)20(14-18)30(26,27)22(25)28-15-16-7-3-2-4-8-16/h2-12,18,20H,13-15H2,1H3/t18-,20?/m1/s1. The number of hydrogen-bond acceptors (Lipinski definition) is 6. The van der Waals surface area contributed by atoms with Crippen molar-refractivity contribution in [2.24, 2.45) is 7.05 Å². The molecule has 0 amide bonds. The Kier molecular flexibility index (Phi) is 5.59. The Labute approximate surface area is 175 Å². The molecule has 0 bridgehead atoms. The van der Waals surface area contributed by atoms with E-state index in [0.29, 0.717) is 18.0 Å². The molecule has 1 aromatic heterocycles. The third kappa shape index (κ3) is 4.09. The van der Waals surface area contributed by atoms with Crippen LogP contribution in [0.2, 0.25) is 0 Å². The summed E-state index contributed by atoms with van der Waals surface area (Å²) in [7, 11) is -2.44. The monoisotopic (exact) mass is 426 g/mol. The van der Waals surface area contributed by atoms with Crippen LogP contribution in [0.1, 0.15) is 28.4 Å². The SMILES string of the molecule is Cn1ccnc1O[C@@H]1Cc2ccccc2C(S(=O)(=O)C(=O)OCc2ccccc2)C1. The van der Waals surface area contributed by atoms with Crippen molar-refractivity contribution in [1.82, 2.24) is 9.55 Å². The average Bonchev–Trinajstić information content (AvgIpc) is 3.16. The zero-order chi connectivity index (χ0) is 21.1. The van der Waals surface area contributed by atoms with Crippen LogP contribution < -0.4 is 4.74 Å². The summed E-state index contributed by atoms with van der Waals surface area (Å²) >= 11 is 0. The second kappa shape index (κ2) is 8.31. The number of carbonyl (C=O) groups is 1. The number of ether oxygens (including phenoxy) is 2. The highest BCUT2D eigenvalue weighted by atomic mass is 32.2. The molecule has 1 heterocycles. The molecule has 4 rings (SSSR count). The molecule has 1 aliphatic rings. The number of aromatic nitrogens is 2. The maximum absolute atomic E-state index is 13.1. The van der Waals surface area contributed by atoms with Crippen molar-refractivity contribution in [3.05, 3.63) is 83.7 Å². The van der Waals surface area contributed by atoms with Crippen LogP contribution in [0.3, 0.4) is 0 Å². The number of benzene rings is 2. The minimum atomic E-state index is -4.24. The molecule has 0 N–H and O–H groups in total. The molecule has 0 spiro atoms. The van der Waals surface area contributed by atoms with E-state index in [9.17, 15) is 13.2 Å². The Hall–Kier alpha value is -3.13. The van der Waals surface area contributed by atoms with Crippen molar-refractivity contribution < 1.29 is 22.7 Å². The summed E-state index contributed by atoms with van der Waals surface area (Å²) in [6.07, 6.45) is 3.62. The third-order valence-corrected chi connectivity index (χ3v) is 6.96. The van der Waals surface area contributed by atoms with Crippen LogP contribution in [-0.4, -0.2) is 29.4 Å². The lowest BCUT2D eigenvalue weighted by molar-refractivity contribution is 0.157. The highest BCUT2D eigenvalue weighted by Gasteiger charge is 2.42. The number of aryl methyl sites for hydroxylation is 1. The van der Waals surface area contributed by atoms with E-state index < -0.39 is 26.5 Å². The predicted molar refractivity (Wildman–Crippen MR) is 111 cm³/mol. The second-order valence-corrected chi connectivity index (χ2v) is 9.25. The molecular formula is C22H22N2O5S. The topological polar surface area (TPSA) is 87.5 Å². The number of imidazole rings is 1. The molecule has 7 nitrogen and oxygen atoms in total. The first-order chi connectivity index (χ1) is 14.4. The molecule has 0 aliphatic heterocycles.